The molecule has 0 radical (unpaired) electrons. The Hall–Kier alpha value is -3.22. The molecule has 0 bridgehead atoms. The minimum absolute atomic E-state index is 0.0813. The average molecular weight is 341 g/mol. The van der Waals surface area contributed by atoms with E-state index in [-0.39, 0.29) is 24.6 Å². The Kier molecular flexibility index (Phi) is 5.03. The van der Waals surface area contributed by atoms with E-state index in [1.807, 2.05) is 12.1 Å². The Labute approximate surface area is 143 Å². The van der Waals surface area contributed by atoms with E-state index in [2.05, 4.69) is 15.6 Å². The summed E-state index contributed by atoms with van der Waals surface area (Å²) in [7, 11) is 0. The van der Waals surface area contributed by atoms with Crippen LogP contribution >= 0.6 is 0 Å². The van der Waals surface area contributed by atoms with Crippen molar-refractivity contribution in [3.05, 3.63) is 65.9 Å². The van der Waals surface area contributed by atoms with Crippen LogP contribution < -0.4 is 10.6 Å². The molecule has 0 saturated heterocycles. The van der Waals surface area contributed by atoms with Crippen LogP contribution in [-0.2, 0) is 11.3 Å². The zero-order valence-corrected chi connectivity index (χ0v) is 13.3. The minimum atomic E-state index is -0.446. The molecule has 3 aromatic rings. The first-order valence-electron chi connectivity index (χ1n) is 7.75. The minimum Gasteiger partial charge on any atom is -0.451 e. The van der Waals surface area contributed by atoms with Gasteiger partial charge in [-0.15, -0.1) is 0 Å². The van der Waals surface area contributed by atoms with E-state index in [0.717, 1.165) is 5.56 Å². The smallest absolute Gasteiger partial charge is 0.287 e. The fourth-order valence-corrected chi connectivity index (χ4v) is 2.29. The fraction of sp³-hybridized carbons (Fsp3) is 0.167. The van der Waals surface area contributed by atoms with Crippen LogP contribution in [0.5, 0.6) is 0 Å². The first-order valence-corrected chi connectivity index (χ1v) is 7.75. The normalized spacial score (nSPS) is 10.6. The molecule has 128 valence electrons. The van der Waals surface area contributed by atoms with Crippen molar-refractivity contribution in [3.8, 4) is 0 Å². The molecule has 0 spiro atoms. The van der Waals surface area contributed by atoms with Gasteiger partial charge in [-0.3, -0.25) is 14.6 Å². The molecule has 0 atom stereocenters. The molecule has 0 saturated carbocycles. The first kappa shape index (κ1) is 16.6. The monoisotopic (exact) mass is 341 g/mol. The van der Waals surface area contributed by atoms with Gasteiger partial charge < -0.3 is 15.1 Å². The van der Waals surface area contributed by atoms with Crippen LogP contribution in [-0.4, -0.2) is 23.3 Å². The number of benzene rings is 1. The summed E-state index contributed by atoms with van der Waals surface area (Å²) in [5.41, 5.74) is 1.38. The van der Waals surface area contributed by atoms with Gasteiger partial charge in [-0.2, -0.15) is 0 Å². The van der Waals surface area contributed by atoms with Crippen molar-refractivity contribution >= 4 is 22.8 Å². The van der Waals surface area contributed by atoms with Crippen molar-refractivity contribution in [1.82, 2.24) is 15.6 Å². The van der Waals surface area contributed by atoms with Gasteiger partial charge in [0.25, 0.3) is 5.91 Å². The highest BCUT2D eigenvalue weighted by Crippen LogP contribution is 2.20. The number of nitrogens with zero attached hydrogens (tertiary/aromatic N) is 1. The number of hydrogen-bond acceptors (Lipinski definition) is 4. The van der Waals surface area contributed by atoms with Gasteiger partial charge >= 0.3 is 0 Å². The standard InChI is InChI=1S/C18H16FN3O3/c19-14-1-2-15-13(9-14)10-16(25-15)18(24)21-8-5-17(23)22-11-12-3-6-20-7-4-12/h1-4,6-7,9-10H,5,8,11H2,(H,21,24)(H,22,23). The summed E-state index contributed by atoms with van der Waals surface area (Å²) in [6.07, 6.45) is 3.45. The largest absolute Gasteiger partial charge is 0.451 e. The Morgan fingerprint density at radius 2 is 1.88 bits per heavy atom. The Balaban J connectivity index is 1.46. The molecular formula is C18H16FN3O3. The van der Waals surface area contributed by atoms with Gasteiger partial charge in [0.1, 0.15) is 11.4 Å². The number of hydrogen-bond donors (Lipinski definition) is 2. The third-order valence-corrected chi connectivity index (χ3v) is 3.58. The number of aromatic nitrogens is 1. The highest BCUT2D eigenvalue weighted by Gasteiger charge is 2.13. The quantitative estimate of drug-likeness (QED) is 0.721. The van der Waals surface area contributed by atoms with Gasteiger partial charge in [0, 0.05) is 37.3 Å². The number of pyridine rings is 1. The van der Waals surface area contributed by atoms with E-state index >= 15 is 0 Å². The number of halogens is 1. The van der Waals surface area contributed by atoms with Gasteiger partial charge in [0.2, 0.25) is 5.91 Å². The summed E-state index contributed by atoms with van der Waals surface area (Å²) in [5.74, 6) is -0.939. The molecule has 2 amide bonds. The van der Waals surface area contributed by atoms with Gasteiger partial charge in [-0.05, 0) is 42.0 Å². The third kappa shape index (κ3) is 4.41. The van der Waals surface area contributed by atoms with Crippen molar-refractivity contribution in [3.63, 3.8) is 0 Å². The average Bonchev–Trinajstić information content (AvgIpc) is 3.04. The lowest BCUT2D eigenvalue weighted by Gasteiger charge is -2.06. The maximum absolute atomic E-state index is 13.1. The number of fused-ring (bicyclic) bond motifs is 1. The molecule has 0 unspecified atom stereocenters. The number of carbonyl (C=O) groups is 2. The summed E-state index contributed by atoms with van der Waals surface area (Å²) in [6, 6.07) is 9.12. The number of nitrogens with one attached hydrogen (secondary N) is 2. The van der Waals surface area contributed by atoms with Crippen LogP contribution in [0.4, 0.5) is 4.39 Å². The zero-order chi connectivity index (χ0) is 17.6. The Morgan fingerprint density at radius 3 is 2.68 bits per heavy atom. The van der Waals surface area contributed by atoms with Crippen molar-refractivity contribution in [1.29, 1.82) is 0 Å². The molecule has 0 aliphatic rings. The second kappa shape index (κ2) is 7.57. The lowest BCUT2D eigenvalue weighted by Crippen LogP contribution is -2.30. The van der Waals surface area contributed by atoms with Gasteiger partial charge in [0.15, 0.2) is 5.76 Å². The van der Waals surface area contributed by atoms with E-state index in [9.17, 15) is 14.0 Å². The molecule has 2 aromatic heterocycles. The van der Waals surface area contributed by atoms with Crippen molar-refractivity contribution in [2.75, 3.05) is 6.54 Å². The van der Waals surface area contributed by atoms with Crippen molar-refractivity contribution in [2.24, 2.45) is 0 Å². The van der Waals surface area contributed by atoms with Crippen LogP contribution in [0.1, 0.15) is 22.5 Å². The number of amides is 2. The number of rotatable bonds is 6. The second-order valence-corrected chi connectivity index (χ2v) is 5.43. The van der Waals surface area contributed by atoms with E-state index in [0.29, 0.717) is 17.5 Å². The number of furan rings is 1. The molecule has 25 heavy (non-hydrogen) atoms. The predicted octanol–water partition coefficient (Wildman–Crippen LogP) is 2.40. The van der Waals surface area contributed by atoms with Crippen LogP contribution in [0.15, 0.2) is 53.2 Å². The lowest BCUT2D eigenvalue weighted by molar-refractivity contribution is -0.121. The van der Waals surface area contributed by atoms with Crippen LogP contribution in [0.3, 0.4) is 0 Å². The highest BCUT2D eigenvalue weighted by atomic mass is 19.1. The molecule has 0 fully saturated rings. The summed E-state index contributed by atoms with van der Waals surface area (Å²) >= 11 is 0. The zero-order valence-electron chi connectivity index (χ0n) is 13.3. The van der Waals surface area contributed by atoms with Crippen molar-refractivity contribution < 1.29 is 18.4 Å². The SMILES string of the molecule is O=C(CCNC(=O)c1cc2cc(F)ccc2o1)NCc1ccncc1. The second-order valence-electron chi connectivity index (χ2n) is 5.43. The molecule has 0 aliphatic heterocycles. The van der Waals surface area contributed by atoms with E-state index in [4.69, 9.17) is 4.42 Å². The highest BCUT2D eigenvalue weighted by molar-refractivity contribution is 5.96. The first-order chi connectivity index (χ1) is 12.1. The maximum atomic E-state index is 13.1. The Bertz CT molecular complexity index is 893. The molecule has 2 heterocycles. The van der Waals surface area contributed by atoms with E-state index in [1.54, 1.807) is 12.4 Å². The molecule has 7 heteroatoms. The lowest BCUT2D eigenvalue weighted by atomic mass is 10.2. The van der Waals surface area contributed by atoms with E-state index in [1.165, 1.54) is 24.3 Å². The summed E-state index contributed by atoms with van der Waals surface area (Å²) in [6.45, 7) is 0.580. The molecule has 2 N–H and O–H groups in total. The van der Waals surface area contributed by atoms with Crippen LogP contribution in [0, 0.1) is 5.82 Å². The maximum Gasteiger partial charge on any atom is 0.287 e. The molecule has 1 aromatic carbocycles. The molecular weight excluding hydrogens is 325 g/mol. The van der Waals surface area contributed by atoms with Gasteiger partial charge in [0.05, 0.1) is 0 Å². The predicted molar refractivity (Wildman–Crippen MR) is 89.2 cm³/mol. The van der Waals surface area contributed by atoms with Crippen molar-refractivity contribution in [2.45, 2.75) is 13.0 Å². The topological polar surface area (TPSA) is 84.2 Å². The van der Waals surface area contributed by atoms with Crippen LogP contribution in [0.25, 0.3) is 11.0 Å². The third-order valence-electron chi connectivity index (χ3n) is 3.58. The number of carbonyl (C=O) groups excluding carboxylic acids is 2. The summed E-state index contributed by atoms with van der Waals surface area (Å²) in [5, 5.41) is 5.88. The van der Waals surface area contributed by atoms with Gasteiger partial charge in [-0.1, -0.05) is 0 Å². The van der Waals surface area contributed by atoms with E-state index < -0.39 is 11.7 Å². The van der Waals surface area contributed by atoms with Gasteiger partial charge in [-0.25, -0.2) is 4.39 Å². The molecule has 0 aliphatic carbocycles. The molecule has 3 rings (SSSR count). The Morgan fingerprint density at radius 1 is 1.08 bits per heavy atom. The van der Waals surface area contributed by atoms with Crippen LogP contribution in [0.2, 0.25) is 0 Å². The molecule has 6 nitrogen and oxygen atoms in total. The fourth-order valence-electron chi connectivity index (χ4n) is 2.29. The summed E-state index contributed by atoms with van der Waals surface area (Å²) in [4.78, 5) is 27.7. The summed E-state index contributed by atoms with van der Waals surface area (Å²) < 4.78 is 18.5.